The van der Waals surface area contributed by atoms with E-state index in [-0.39, 0.29) is 6.10 Å². The van der Waals surface area contributed by atoms with Crippen LogP contribution >= 0.6 is 15.9 Å². The molecule has 5 heteroatoms. The zero-order valence-electron chi connectivity index (χ0n) is 11.3. The Balaban J connectivity index is 2.41. The summed E-state index contributed by atoms with van der Waals surface area (Å²) in [4.78, 5) is 8.28. The third-order valence-electron chi connectivity index (χ3n) is 2.65. The van der Waals surface area contributed by atoms with Crippen LogP contribution in [0, 0.1) is 0 Å². The largest absolute Gasteiger partial charge is 0.480 e. The van der Waals surface area contributed by atoms with Crippen LogP contribution < -0.4 is 9.47 Å². The molecule has 4 nitrogen and oxygen atoms in total. The van der Waals surface area contributed by atoms with E-state index in [9.17, 15) is 0 Å². The highest BCUT2D eigenvalue weighted by atomic mass is 79.9. The number of nitrogens with zero attached hydrogens (tertiary/aromatic N) is 2. The first kappa shape index (κ1) is 15.2. The van der Waals surface area contributed by atoms with Gasteiger partial charge in [0, 0.05) is 0 Å². The SMILES string of the molecule is CCCCCCC(C)Oc1ncc(Br)c(OC)n1. The predicted octanol–water partition coefficient (Wildman–Crippen LogP) is 3.99. The van der Waals surface area contributed by atoms with E-state index in [1.165, 1.54) is 25.7 Å². The molecule has 18 heavy (non-hydrogen) atoms. The van der Waals surface area contributed by atoms with E-state index in [0.29, 0.717) is 11.9 Å². The summed E-state index contributed by atoms with van der Waals surface area (Å²) in [7, 11) is 1.57. The maximum Gasteiger partial charge on any atom is 0.320 e. The van der Waals surface area contributed by atoms with Gasteiger partial charge in [0.1, 0.15) is 0 Å². The number of rotatable bonds is 8. The molecule has 1 heterocycles. The van der Waals surface area contributed by atoms with Gasteiger partial charge in [0.15, 0.2) is 0 Å². The molecule has 1 unspecified atom stereocenters. The number of halogens is 1. The summed E-state index contributed by atoms with van der Waals surface area (Å²) in [6, 6.07) is 0.373. The Hall–Kier alpha value is -0.840. The number of hydrogen-bond donors (Lipinski definition) is 0. The maximum absolute atomic E-state index is 5.67. The summed E-state index contributed by atoms with van der Waals surface area (Å²) < 4.78 is 11.5. The molecule has 0 radical (unpaired) electrons. The summed E-state index contributed by atoms with van der Waals surface area (Å²) in [5.74, 6) is 0.498. The van der Waals surface area contributed by atoms with E-state index in [1.54, 1.807) is 13.3 Å². The highest BCUT2D eigenvalue weighted by molar-refractivity contribution is 9.10. The van der Waals surface area contributed by atoms with E-state index < -0.39 is 0 Å². The molecular formula is C13H21BrN2O2. The van der Waals surface area contributed by atoms with Crippen molar-refractivity contribution in [1.82, 2.24) is 9.97 Å². The molecule has 0 bridgehead atoms. The molecule has 0 aliphatic rings. The average molecular weight is 317 g/mol. The lowest BCUT2D eigenvalue weighted by molar-refractivity contribution is 0.186. The standard InChI is InChI=1S/C13H21BrN2O2/c1-4-5-6-7-8-10(2)18-13-15-9-11(14)12(16-13)17-3/h9-10H,4-8H2,1-3H3. The van der Waals surface area contributed by atoms with E-state index in [4.69, 9.17) is 9.47 Å². The lowest BCUT2D eigenvalue weighted by atomic mass is 10.1. The van der Waals surface area contributed by atoms with Crippen molar-refractivity contribution in [3.8, 4) is 11.9 Å². The van der Waals surface area contributed by atoms with Gasteiger partial charge in [-0.25, -0.2) is 4.98 Å². The van der Waals surface area contributed by atoms with Crippen molar-refractivity contribution in [2.75, 3.05) is 7.11 Å². The number of ether oxygens (including phenoxy) is 2. The number of methoxy groups -OCH3 is 1. The molecule has 0 N–H and O–H groups in total. The molecule has 0 spiro atoms. The van der Waals surface area contributed by atoms with Gasteiger partial charge in [-0.15, -0.1) is 0 Å². The monoisotopic (exact) mass is 316 g/mol. The maximum atomic E-state index is 5.67. The van der Waals surface area contributed by atoms with Crippen LogP contribution in [0.25, 0.3) is 0 Å². The summed E-state index contributed by atoms with van der Waals surface area (Å²) in [6.45, 7) is 4.26. The molecule has 1 aromatic heterocycles. The van der Waals surface area contributed by atoms with Gasteiger partial charge in [-0.2, -0.15) is 4.98 Å². The fourth-order valence-corrected chi connectivity index (χ4v) is 1.99. The molecule has 1 atom stereocenters. The second-order valence-corrected chi connectivity index (χ2v) is 5.14. The van der Waals surface area contributed by atoms with Crippen molar-refractivity contribution in [2.45, 2.75) is 52.1 Å². The summed E-state index contributed by atoms with van der Waals surface area (Å²) in [6.07, 6.45) is 7.79. The molecule has 0 aliphatic heterocycles. The van der Waals surface area contributed by atoms with Crippen LogP contribution in [0.3, 0.4) is 0 Å². The molecular weight excluding hydrogens is 296 g/mol. The van der Waals surface area contributed by atoms with Crippen molar-refractivity contribution >= 4 is 15.9 Å². The highest BCUT2D eigenvalue weighted by Gasteiger charge is 2.09. The molecule has 0 aromatic carbocycles. The van der Waals surface area contributed by atoms with Crippen LogP contribution in [-0.4, -0.2) is 23.2 Å². The lowest BCUT2D eigenvalue weighted by Gasteiger charge is -2.13. The van der Waals surface area contributed by atoms with Crippen molar-refractivity contribution in [3.05, 3.63) is 10.7 Å². The first-order valence-corrected chi connectivity index (χ1v) is 7.19. The molecule has 1 rings (SSSR count). The third-order valence-corrected chi connectivity index (χ3v) is 3.20. The third kappa shape index (κ3) is 5.21. The zero-order valence-corrected chi connectivity index (χ0v) is 12.9. The van der Waals surface area contributed by atoms with Crippen molar-refractivity contribution in [2.24, 2.45) is 0 Å². The minimum Gasteiger partial charge on any atom is -0.480 e. The molecule has 0 fully saturated rings. The average Bonchev–Trinajstić information content (AvgIpc) is 2.37. The Morgan fingerprint density at radius 2 is 2.11 bits per heavy atom. The molecule has 102 valence electrons. The number of hydrogen-bond acceptors (Lipinski definition) is 4. The first-order valence-electron chi connectivity index (χ1n) is 6.40. The van der Waals surface area contributed by atoms with E-state index in [0.717, 1.165) is 10.9 Å². The Morgan fingerprint density at radius 1 is 1.33 bits per heavy atom. The first-order chi connectivity index (χ1) is 8.67. The summed E-state index contributed by atoms with van der Waals surface area (Å²) in [5, 5.41) is 0. The predicted molar refractivity (Wildman–Crippen MR) is 75.1 cm³/mol. The van der Waals surface area contributed by atoms with Gasteiger partial charge in [0.2, 0.25) is 5.88 Å². The fraction of sp³-hybridized carbons (Fsp3) is 0.692. The minimum absolute atomic E-state index is 0.132. The van der Waals surface area contributed by atoms with Crippen LogP contribution in [0.15, 0.2) is 10.7 Å². The van der Waals surface area contributed by atoms with Crippen LogP contribution in [0.4, 0.5) is 0 Å². The van der Waals surface area contributed by atoms with Gasteiger partial charge < -0.3 is 9.47 Å². The quantitative estimate of drug-likeness (QED) is 0.680. The van der Waals surface area contributed by atoms with Crippen LogP contribution in [-0.2, 0) is 0 Å². The molecule has 0 saturated carbocycles. The summed E-state index contributed by atoms with van der Waals surface area (Å²) >= 11 is 3.31. The number of unbranched alkanes of at least 4 members (excludes halogenated alkanes) is 3. The molecule has 0 amide bonds. The number of aromatic nitrogens is 2. The lowest BCUT2D eigenvalue weighted by Crippen LogP contribution is -2.13. The van der Waals surface area contributed by atoms with Gasteiger partial charge in [-0.3, -0.25) is 0 Å². The van der Waals surface area contributed by atoms with Gasteiger partial charge in [-0.1, -0.05) is 26.2 Å². The summed E-state index contributed by atoms with van der Waals surface area (Å²) in [5.41, 5.74) is 0. The van der Waals surface area contributed by atoms with E-state index >= 15 is 0 Å². The van der Waals surface area contributed by atoms with Gasteiger partial charge in [-0.05, 0) is 35.7 Å². The second kappa shape index (κ2) is 8.29. The Labute approximate surface area is 117 Å². The minimum atomic E-state index is 0.132. The van der Waals surface area contributed by atoms with Crippen molar-refractivity contribution < 1.29 is 9.47 Å². The van der Waals surface area contributed by atoms with Crippen molar-refractivity contribution in [3.63, 3.8) is 0 Å². The molecule has 0 saturated heterocycles. The highest BCUT2D eigenvalue weighted by Crippen LogP contribution is 2.23. The van der Waals surface area contributed by atoms with Crippen LogP contribution in [0.5, 0.6) is 11.9 Å². The van der Waals surface area contributed by atoms with Crippen LogP contribution in [0.1, 0.15) is 46.0 Å². The molecule has 0 aliphatic carbocycles. The fourth-order valence-electron chi connectivity index (χ4n) is 1.63. The Kier molecular flexibility index (Phi) is 7.01. The van der Waals surface area contributed by atoms with E-state index in [1.807, 2.05) is 6.92 Å². The second-order valence-electron chi connectivity index (χ2n) is 4.29. The topological polar surface area (TPSA) is 44.2 Å². The molecule has 1 aromatic rings. The Morgan fingerprint density at radius 3 is 2.78 bits per heavy atom. The van der Waals surface area contributed by atoms with Gasteiger partial charge in [0.05, 0.1) is 23.9 Å². The van der Waals surface area contributed by atoms with Crippen molar-refractivity contribution in [1.29, 1.82) is 0 Å². The smallest absolute Gasteiger partial charge is 0.320 e. The van der Waals surface area contributed by atoms with E-state index in [2.05, 4.69) is 32.8 Å². The van der Waals surface area contributed by atoms with Gasteiger partial charge in [0.25, 0.3) is 0 Å². The van der Waals surface area contributed by atoms with Crippen LogP contribution in [0.2, 0.25) is 0 Å². The normalized spacial score (nSPS) is 12.2. The zero-order chi connectivity index (χ0) is 13.4. The van der Waals surface area contributed by atoms with Gasteiger partial charge >= 0.3 is 6.01 Å². The Bertz CT molecular complexity index is 361.